The minimum absolute atomic E-state index is 0.569. The van der Waals surface area contributed by atoms with E-state index >= 15 is 0 Å². The summed E-state index contributed by atoms with van der Waals surface area (Å²) in [7, 11) is 0. The van der Waals surface area contributed by atoms with E-state index in [1.807, 2.05) is 6.07 Å². The van der Waals surface area contributed by atoms with Crippen molar-refractivity contribution in [2.75, 3.05) is 31.1 Å². The van der Waals surface area contributed by atoms with E-state index in [-0.39, 0.29) is 0 Å². The van der Waals surface area contributed by atoms with E-state index in [0.717, 1.165) is 31.7 Å². The Balaban J connectivity index is 2.13. The fraction of sp³-hybridized carbons (Fsp3) is 0.455. The van der Waals surface area contributed by atoms with Crippen molar-refractivity contribution in [1.82, 2.24) is 5.32 Å². The van der Waals surface area contributed by atoms with E-state index in [4.69, 9.17) is 5.73 Å². The van der Waals surface area contributed by atoms with E-state index < -0.39 is 0 Å². The van der Waals surface area contributed by atoms with Gasteiger partial charge in [-0.05, 0) is 23.8 Å². The third-order valence-corrected chi connectivity index (χ3v) is 2.55. The van der Waals surface area contributed by atoms with Crippen LogP contribution < -0.4 is 16.0 Å². The number of piperazine rings is 1. The fourth-order valence-electron chi connectivity index (χ4n) is 1.74. The van der Waals surface area contributed by atoms with Crippen LogP contribution in [0.2, 0.25) is 0 Å². The van der Waals surface area contributed by atoms with Gasteiger partial charge in [-0.2, -0.15) is 0 Å². The SMILES string of the molecule is NCc1[c]ccc(N2CCNCC2)c1. The Hall–Kier alpha value is -1.06. The van der Waals surface area contributed by atoms with E-state index in [0.29, 0.717) is 6.54 Å². The summed E-state index contributed by atoms with van der Waals surface area (Å²) in [5.74, 6) is 0. The molecular weight excluding hydrogens is 174 g/mol. The molecule has 0 spiro atoms. The van der Waals surface area contributed by atoms with Gasteiger partial charge in [0.2, 0.25) is 0 Å². The van der Waals surface area contributed by atoms with Gasteiger partial charge in [0.1, 0.15) is 0 Å². The van der Waals surface area contributed by atoms with Gasteiger partial charge in [-0.3, -0.25) is 0 Å². The highest BCUT2D eigenvalue weighted by molar-refractivity contribution is 5.48. The normalized spacial score (nSPS) is 17.1. The van der Waals surface area contributed by atoms with Gasteiger partial charge in [0.25, 0.3) is 0 Å². The molecule has 1 radical (unpaired) electrons. The lowest BCUT2D eigenvalue weighted by molar-refractivity contribution is 0.589. The first-order chi connectivity index (χ1) is 6.90. The molecule has 0 unspecified atom stereocenters. The van der Waals surface area contributed by atoms with Gasteiger partial charge in [-0.25, -0.2) is 0 Å². The highest BCUT2D eigenvalue weighted by Gasteiger charge is 2.09. The van der Waals surface area contributed by atoms with Gasteiger partial charge in [0.15, 0.2) is 0 Å². The van der Waals surface area contributed by atoms with Crippen molar-refractivity contribution in [2.24, 2.45) is 5.73 Å². The summed E-state index contributed by atoms with van der Waals surface area (Å²) in [6.45, 7) is 4.86. The van der Waals surface area contributed by atoms with Crippen molar-refractivity contribution in [3.8, 4) is 0 Å². The molecule has 1 aromatic carbocycles. The van der Waals surface area contributed by atoms with Crippen molar-refractivity contribution in [3.05, 3.63) is 29.8 Å². The highest BCUT2D eigenvalue weighted by Crippen LogP contribution is 2.15. The molecule has 1 saturated heterocycles. The number of rotatable bonds is 2. The zero-order valence-electron chi connectivity index (χ0n) is 8.29. The average Bonchev–Trinajstić information content (AvgIpc) is 2.30. The van der Waals surface area contributed by atoms with Crippen LogP contribution in [0.25, 0.3) is 0 Å². The number of benzene rings is 1. The molecular formula is C11H16N3. The number of nitrogens with zero attached hydrogens (tertiary/aromatic N) is 1. The molecule has 0 atom stereocenters. The summed E-state index contributed by atoms with van der Waals surface area (Å²) in [5.41, 5.74) is 7.94. The summed E-state index contributed by atoms with van der Waals surface area (Å²) in [6, 6.07) is 9.32. The topological polar surface area (TPSA) is 41.3 Å². The second-order valence-electron chi connectivity index (χ2n) is 3.51. The fourth-order valence-corrected chi connectivity index (χ4v) is 1.74. The number of hydrogen-bond donors (Lipinski definition) is 2. The van der Waals surface area contributed by atoms with Crippen LogP contribution in [-0.4, -0.2) is 26.2 Å². The molecule has 3 heteroatoms. The largest absolute Gasteiger partial charge is 0.369 e. The van der Waals surface area contributed by atoms with Crippen molar-refractivity contribution in [3.63, 3.8) is 0 Å². The molecule has 1 aliphatic heterocycles. The molecule has 0 aromatic heterocycles. The van der Waals surface area contributed by atoms with Gasteiger partial charge in [0.05, 0.1) is 0 Å². The molecule has 3 nitrogen and oxygen atoms in total. The number of nitrogens with one attached hydrogen (secondary N) is 1. The van der Waals surface area contributed by atoms with Crippen LogP contribution >= 0.6 is 0 Å². The summed E-state index contributed by atoms with van der Waals surface area (Å²) in [4.78, 5) is 2.38. The molecule has 0 amide bonds. The van der Waals surface area contributed by atoms with Crippen LogP contribution in [0.3, 0.4) is 0 Å². The van der Waals surface area contributed by atoms with E-state index in [1.54, 1.807) is 0 Å². The van der Waals surface area contributed by atoms with Crippen molar-refractivity contribution >= 4 is 5.69 Å². The molecule has 1 aromatic rings. The molecule has 1 heterocycles. The van der Waals surface area contributed by atoms with Crippen LogP contribution in [0.4, 0.5) is 5.69 Å². The Bertz CT molecular complexity index is 292. The Morgan fingerprint density at radius 2 is 2.21 bits per heavy atom. The Kier molecular flexibility index (Phi) is 3.01. The van der Waals surface area contributed by atoms with Gasteiger partial charge >= 0.3 is 0 Å². The molecule has 14 heavy (non-hydrogen) atoms. The quantitative estimate of drug-likeness (QED) is 0.707. The lowest BCUT2D eigenvalue weighted by atomic mass is 10.2. The first-order valence-corrected chi connectivity index (χ1v) is 5.06. The molecule has 75 valence electrons. The highest BCUT2D eigenvalue weighted by atomic mass is 15.2. The van der Waals surface area contributed by atoms with Crippen molar-refractivity contribution in [1.29, 1.82) is 0 Å². The van der Waals surface area contributed by atoms with Crippen molar-refractivity contribution < 1.29 is 0 Å². The minimum Gasteiger partial charge on any atom is -0.369 e. The van der Waals surface area contributed by atoms with Crippen LogP contribution in [-0.2, 0) is 6.54 Å². The Morgan fingerprint density at radius 3 is 2.93 bits per heavy atom. The van der Waals surface area contributed by atoms with Gasteiger partial charge in [0, 0.05) is 38.4 Å². The maximum absolute atomic E-state index is 5.59. The van der Waals surface area contributed by atoms with Crippen LogP contribution in [0, 0.1) is 6.07 Å². The molecule has 1 fully saturated rings. The molecule has 1 aliphatic rings. The summed E-state index contributed by atoms with van der Waals surface area (Å²) >= 11 is 0. The number of nitrogens with two attached hydrogens (primary N) is 1. The predicted octanol–water partition coefficient (Wildman–Crippen LogP) is 0.355. The number of anilines is 1. The third kappa shape index (κ3) is 2.05. The first-order valence-electron chi connectivity index (χ1n) is 5.06. The molecule has 2 rings (SSSR count). The summed E-state index contributed by atoms with van der Waals surface area (Å²) in [5, 5.41) is 3.34. The van der Waals surface area contributed by atoms with Gasteiger partial charge < -0.3 is 16.0 Å². The Labute approximate surface area is 84.9 Å². The predicted molar refractivity (Wildman–Crippen MR) is 58.3 cm³/mol. The maximum atomic E-state index is 5.59. The van der Waals surface area contributed by atoms with E-state index in [9.17, 15) is 0 Å². The zero-order chi connectivity index (χ0) is 9.80. The Morgan fingerprint density at radius 1 is 1.43 bits per heavy atom. The van der Waals surface area contributed by atoms with Gasteiger partial charge in [-0.1, -0.05) is 6.07 Å². The van der Waals surface area contributed by atoms with E-state index in [1.165, 1.54) is 5.69 Å². The van der Waals surface area contributed by atoms with Crippen LogP contribution in [0.5, 0.6) is 0 Å². The lowest BCUT2D eigenvalue weighted by Gasteiger charge is -2.29. The molecule has 0 aliphatic carbocycles. The van der Waals surface area contributed by atoms with E-state index in [2.05, 4.69) is 28.4 Å². The standard InChI is InChI=1S/C11H16N3/c12-9-10-2-1-3-11(8-10)14-6-4-13-5-7-14/h1,3,8,13H,4-7,9,12H2. The third-order valence-electron chi connectivity index (χ3n) is 2.55. The minimum atomic E-state index is 0.569. The number of hydrogen-bond acceptors (Lipinski definition) is 3. The second kappa shape index (κ2) is 4.44. The summed E-state index contributed by atoms with van der Waals surface area (Å²) < 4.78 is 0. The molecule has 0 saturated carbocycles. The molecule has 3 N–H and O–H groups in total. The monoisotopic (exact) mass is 190 g/mol. The van der Waals surface area contributed by atoms with Crippen LogP contribution in [0.1, 0.15) is 5.56 Å². The summed E-state index contributed by atoms with van der Waals surface area (Å²) in [6.07, 6.45) is 0. The zero-order valence-corrected chi connectivity index (χ0v) is 8.29. The first kappa shape index (κ1) is 9.49. The lowest BCUT2D eigenvalue weighted by Crippen LogP contribution is -2.43. The van der Waals surface area contributed by atoms with Gasteiger partial charge in [-0.15, -0.1) is 0 Å². The molecule has 0 bridgehead atoms. The van der Waals surface area contributed by atoms with Crippen molar-refractivity contribution in [2.45, 2.75) is 6.54 Å². The average molecular weight is 190 g/mol. The maximum Gasteiger partial charge on any atom is 0.0370 e. The second-order valence-corrected chi connectivity index (χ2v) is 3.51. The van der Waals surface area contributed by atoms with Crippen LogP contribution in [0.15, 0.2) is 18.2 Å². The smallest absolute Gasteiger partial charge is 0.0370 e.